The Morgan fingerprint density at radius 2 is 2.11 bits per heavy atom. The Bertz CT molecular complexity index is 722. The molecule has 1 aromatic carbocycles. The summed E-state index contributed by atoms with van der Waals surface area (Å²) in [6.45, 7) is 1.48. The second-order valence-corrected chi connectivity index (χ2v) is 6.04. The molecule has 1 aromatic heterocycles. The van der Waals surface area contributed by atoms with E-state index in [9.17, 15) is 8.42 Å². The smallest absolute Gasteiger partial charge is 0.263 e. The first-order valence-corrected chi connectivity index (χ1v) is 7.24. The van der Waals surface area contributed by atoms with Crippen LogP contribution >= 0.6 is 0 Å². The quantitative estimate of drug-likeness (QED) is 0.839. The van der Waals surface area contributed by atoms with E-state index in [1.165, 1.54) is 11.0 Å². The number of benzene rings is 1. The Labute approximate surface area is 110 Å². The van der Waals surface area contributed by atoms with Crippen molar-refractivity contribution in [2.75, 3.05) is 4.72 Å². The SMILES string of the molecule is Cn1ncc(NS(=O)(=O)c2ccc3c(c2)CNC3)n1. The van der Waals surface area contributed by atoms with E-state index in [4.69, 9.17) is 0 Å². The number of nitrogens with zero attached hydrogens (tertiary/aromatic N) is 3. The molecule has 8 heteroatoms. The zero-order chi connectivity index (χ0) is 13.5. The summed E-state index contributed by atoms with van der Waals surface area (Å²) in [4.78, 5) is 1.53. The van der Waals surface area contributed by atoms with Crippen LogP contribution in [-0.4, -0.2) is 23.4 Å². The summed E-state index contributed by atoms with van der Waals surface area (Å²) in [7, 11) is -1.99. The van der Waals surface area contributed by atoms with Gasteiger partial charge < -0.3 is 5.32 Å². The molecule has 19 heavy (non-hydrogen) atoms. The van der Waals surface area contributed by atoms with Crippen molar-refractivity contribution >= 4 is 15.8 Å². The molecular formula is C11H13N5O2S. The molecular weight excluding hydrogens is 266 g/mol. The molecule has 1 aliphatic rings. The maximum absolute atomic E-state index is 12.2. The normalized spacial score (nSPS) is 14.4. The van der Waals surface area contributed by atoms with Crippen LogP contribution < -0.4 is 10.0 Å². The lowest BCUT2D eigenvalue weighted by atomic mass is 10.1. The third-order valence-electron chi connectivity index (χ3n) is 2.96. The number of aromatic nitrogens is 3. The van der Waals surface area contributed by atoms with Gasteiger partial charge in [0, 0.05) is 20.1 Å². The fraction of sp³-hybridized carbons (Fsp3) is 0.273. The molecule has 0 saturated carbocycles. The number of fused-ring (bicyclic) bond motifs is 1. The number of hydrogen-bond acceptors (Lipinski definition) is 5. The highest BCUT2D eigenvalue weighted by molar-refractivity contribution is 7.92. The highest BCUT2D eigenvalue weighted by atomic mass is 32.2. The van der Waals surface area contributed by atoms with Crippen molar-refractivity contribution in [3.8, 4) is 0 Å². The van der Waals surface area contributed by atoms with Crippen molar-refractivity contribution in [1.82, 2.24) is 20.3 Å². The third-order valence-corrected chi connectivity index (χ3v) is 4.31. The van der Waals surface area contributed by atoms with Crippen LogP contribution in [0, 0.1) is 0 Å². The molecule has 0 aliphatic carbocycles. The van der Waals surface area contributed by atoms with Gasteiger partial charge in [0.2, 0.25) is 0 Å². The largest absolute Gasteiger partial charge is 0.309 e. The first-order valence-electron chi connectivity index (χ1n) is 5.76. The minimum Gasteiger partial charge on any atom is -0.309 e. The van der Waals surface area contributed by atoms with Crippen LogP contribution in [0.1, 0.15) is 11.1 Å². The standard InChI is InChI=1S/C11H13N5O2S/c1-16-13-7-11(14-16)15-19(17,18)10-3-2-8-5-12-6-9(8)4-10/h2-4,7,12H,5-6H2,1H3,(H,14,15). The van der Waals surface area contributed by atoms with Gasteiger partial charge in [-0.25, -0.2) is 8.42 Å². The van der Waals surface area contributed by atoms with Crippen molar-refractivity contribution in [2.24, 2.45) is 7.05 Å². The number of sulfonamides is 1. The summed E-state index contributed by atoms with van der Waals surface area (Å²) in [5.74, 6) is 0.209. The molecule has 0 fully saturated rings. The van der Waals surface area contributed by atoms with Gasteiger partial charge in [-0.1, -0.05) is 6.07 Å². The van der Waals surface area contributed by atoms with Crippen molar-refractivity contribution in [3.63, 3.8) is 0 Å². The molecule has 0 atom stereocenters. The maximum Gasteiger partial charge on any atom is 0.263 e. The van der Waals surface area contributed by atoms with Gasteiger partial charge >= 0.3 is 0 Å². The van der Waals surface area contributed by atoms with Crippen LogP contribution in [-0.2, 0) is 30.2 Å². The minimum atomic E-state index is -3.62. The lowest BCUT2D eigenvalue weighted by Crippen LogP contribution is -2.14. The minimum absolute atomic E-state index is 0.209. The molecule has 0 bridgehead atoms. The van der Waals surface area contributed by atoms with Gasteiger partial charge in [-0.3, -0.25) is 4.72 Å². The van der Waals surface area contributed by atoms with Crippen LogP contribution in [0.15, 0.2) is 29.3 Å². The molecule has 0 radical (unpaired) electrons. The zero-order valence-corrected chi connectivity index (χ0v) is 11.1. The molecule has 2 aromatic rings. The molecule has 0 spiro atoms. The van der Waals surface area contributed by atoms with Crippen LogP contribution in [0.5, 0.6) is 0 Å². The van der Waals surface area contributed by atoms with E-state index < -0.39 is 10.0 Å². The number of aryl methyl sites for hydroxylation is 1. The van der Waals surface area contributed by atoms with E-state index >= 15 is 0 Å². The van der Waals surface area contributed by atoms with Gasteiger partial charge in [0.1, 0.15) is 0 Å². The van der Waals surface area contributed by atoms with Crippen molar-refractivity contribution < 1.29 is 8.42 Å². The fourth-order valence-corrected chi connectivity index (χ4v) is 3.06. The lowest BCUT2D eigenvalue weighted by molar-refractivity contribution is 0.600. The molecule has 0 unspecified atom stereocenters. The number of rotatable bonds is 3. The second-order valence-electron chi connectivity index (χ2n) is 4.36. The first-order chi connectivity index (χ1) is 9.04. The van der Waals surface area contributed by atoms with Crippen LogP contribution in [0.4, 0.5) is 5.82 Å². The first kappa shape index (κ1) is 12.1. The lowest BCUT2D eigenvalue weighted by Gasteiger charge is -2.06. The van der Waals surface area contributed by atoms with E-state index in [2.05, 4.69) is 20.2 Å². The Morgan fingerprint density at radius 3 is 2.84 bits per heavy atom. The van der Waals surface area contributed by atoms with Crippen molar-refractivity contribution in [2.45, 2.75) is 18.0 Å². The van der Waals surface area contributed by atoms with Gasteiger partial charge in [-0.15, -0.1) is 5.10 Å². The molecule has 1 aliphatic heterocycles. The predicted molar refractivity (Wildman–Crippen MR) is 68.8 cm³/mol. The van der Waals surface area contributed by atoms with E-state index in [0.29, 0.717) is 6.54 Å². The fourth-order valence-electron chi connectivity index (χ4n) is 2.03. The summed E-state index contributed by atoms with van der Waals surface area (Å²) < 4.78 is 26.8. The van der Waals surface area contributed by atoms with E-state index in [0.717, 1.165) is 17.7 Å². The molecule has 2 N–H and O–H groups in total. The average molecular weight is 279 g/mol. The van der Waals surface area contributed by atoms with Gasteiger partial charge in [-0.2, -0.15) is 9.90 Å². The molecule has 100 valence electrons. The maximum atomic E-state index is 12.2. The van der Waals surface area contributed by atoms with E-state index in [1.54, 1.807) is 19.2 Å². The molecule has 7 nitrogen and oxygen atoms in total. The summed E-state index contributed by atoms with van der Waals surface area (Å²) in [5, 5.41) is 10.9. The topological polar surface area (TPSA) is 88.9 Å². The number of anilines is 1. The molecule has 0 amide bonds. The second kappa shape index (κ2) is 4.32. The monoisotopic (exact) mass is 279 g/mol. The third kappa shape index (κ3) is 2.32. The van der Waals surface area contributed by atoms with Gasteiger partial charge in [0.05, 0.1) is 11.1 Å². The summed E-state index contributed by atoms with van der Waals surface area (Å²) in [6.07, 6.45) is 1.37. The predicted octanol–water partition coefficient (Wildman–Crippen LogP) is 0.219. The Kier molecular flexibility index (Phi) is 2.76. The van der Waals surface area contributed by atoms with Crippen LogP contribution in [0.3, 0.4) is 0 Å². The zero-order valence-electron chi connectivity index (χ0n) is 10.3. The number of hydrogen-bond donors (Lipinski definition) is 2. The van der Waals surface area contributed by atoms with Gasteiger partial charge in [-0.05, 0) is 23.3 Å². The Morgan fingerprint density at radius 1 is 1.32 bits per heavy atom. The van der Waals surface area contributed by atoms with Crippen molar-refractivity contribution in [3.05, 3.63) is 35.5 Å². The van der Waals surface area contributed by atoms with E-state index in [1.807, 2.05) is 6.07 Å². The van der Waals surface area contributed by atoms with Gasteiger partial charge in [0.25, 0.3) is 10.0 Å². The molecule has 0 saturated heterocycles. The number of nitrogens with one attached hydrogen (secondary N) is 2. The Balaban J connectivity index is 1.92. The summed E-state index contributed by atoms with van der Waals surface area (Å²) in [5.41, 5.74) is 2.15. The van der Waals surface area contributed by atoms with Gasteiger partial charge in [0.15, 0.2) is 5.82 Å². The van der Waals surface area contributed by atoms with Crippen LogP contribution in [0.25, 0.3) is 0 Å². The Hall–Kier alpha value is -1.93. The highest BCUT2D eigenvalue weighted by Crippen LogP contribution is 2.21. The van der Waals surface area contributed by atoms with E-state index in [-0.39, 0.29) is 10.7 Å². The van der Waals surface area contributed by atoms with Crippen molar-refractivity contribution in [1.29, 1.82) is 0 Å². The highest BCUT2D eigenvalue weighted by Gasteiger charge is 2.19. The molecule has 3 rings (SSSR count). The van der Waals surface area contributed by atoms with Crippen LogP contribution in [0.2, 0.25) is 0 Å². The average Bonchev–Trinajstić information content (AvgIpc) is 2.96. The molecule has 2 heterocycles. The summed E-state index contributed by atoms with van der Waals surface area (Å²) >= 11 is 0. The summed E-state index contributed by atoms with van der Waals surface area (Å²) in [6, 6.07) is 5.12.